The molecule has 1 aliphatic heterocycles. The van der Waals surface area contributed by atoms with Crippen LogP contribution in [0.25, 0.3) is 0 Å². The van der Waals surface area contributed by atoms with Gasteiger partial charge in [0.15, 0.2) is 0 Å². The molecule has 1 aliphatic rings. The molecule has 3 aromatic rings. The Morgan fingerprint density at radius 3 is 2.64 bits per heavy atom. The van der Waals surface area contributed by atoms with Crippen LogP contribution in [0.15, 0.2) is 67.1 Å². The van der Waals surface area contributed by atoms with Gasteiger partial charge in [-0.05, 0) is 36.1 Å². The van der Waals surface area contributed by atoms with Crippen LogP contribution in [0.5, 0.6) is 0 Å². The summed E-state index contributed by atoms with van der Waals surface area (Å²) < 4.78 is 13.8. The van der Waals surface area contributed by atoms with Gasteiger partial charge >= 0.3 is 0 Å². The van der Waals surface area contributed by atoms with Crippen molar-refractivity contribution in [2.24, 2.45) is 0 Å². The SMILES string of the molecule is CCCCCC1(c2ccccc2)CN(C(=O)C(Cc2cccc(F)c2)NC(=O)CCc2c[nH]cn2)C1. The van der Waals surface area contributed by atoms with E-state index in [0.29, 0.717) is 25.1 Å². The van der Waals surface area contributed by atoms with Crippen LogP contribution in [0.1, 0.15) is 55.8 Å². The van der Waals surface area contributed by atoms with Crippen LogP contribution >= 0.6 is 0 Å². The van der Waals surface area contributed by atoms with Gasteiger partial charge in [-0.1, -0.05) is 68.7 Å². The normalized spacial score (nSPS) is 15.2. The van der Waals surface area contributed by atoms with E-state index >= 15 is 0 Å². The Morgan fingerprint density at radius 1 is 1.14 bits per heavy atom. The predicted octanol–water partition coefficient (Wildman–Crippen LogP) is 4.57. The van der Waals surface area contributed by atoms with E-state index in [9.17, 15) is 14.0 Å². The first-order valence-corrected chi connectivity index (χ1v) is 12.8. The Hall–Kier alpha value is -3.48. The summed E-state index contributed by atoms with van der Waals surface area (Å²) in [5.74, 6) is -0.688. The summed E-state index contributed by atoms with van der Waals surface area (Å²) in [5, 5.41) is 2.93. The summed E-state index contributed by atoms with van der Waals surface area (Å²) in [4.78, 5) is 35.3. The molecule has 4 rings (SSSR count). The molecule has 2 N–H and O–H groups in total. The summed E-state index contributed by atoms with van der Waals surface area (Å²) >= 11 is 0. The summed E-state index contributed by atoms with van der Waals surface area (Å²) in [6.07, 6.45) is 8.73. The lowest BCUT2D eigenvalue weighted by atomic mass is 9.70. The number of hydrogen-bond donors (Lipinski definition) is 2. The third kappa shape index (κ3) is 6.39. The van der Waals surface area contributed by atoms with E-state index in [4.69, 9.17) is 0 Å². The van der Waals surface area contributed by atoms with Crippen molar-refractivity contribution in [1.29, 1.82) is 0 Å². The van der Waals surface area contributed by atoms with Gasteiger partial charge in [0, 0.05) is 37.5 Å². The number of nitrogens with zero attached hydrogens (tertiary/aromatic N) is 2. The minimum Gasteiger partial charge on any atom is -0.351 e. The molecule has 36 heavy (non-hydrogen) atoms. The van der Waals surface area contributed by atoms with Gasteiger partial charge in [-0.15, -0.1) is 0 Å². The number of aromatic amines is 1. The number of benzene rings is 2. The Kier molecular flexibility index (Phi) is 8.52. The smallest absolute Gasteiger partial charge is 0.245 e. The molecular weight excluding hydrogens is 455 g/mol. The maximum atomic E-state index is 13.8. The third-order valence-corrected chi connectivity index (χ3v) is 7.07. The van der Waals surface area contributed by atoms with Gasteiger partial charge in [-0.2, -0.15) is 0 Å². The summed E-state index contributed by atoms with van der Waals surface area (Å²) in [6, 6.07) is 15.9. The van der Waals surface area contributed by atoms with E-state index in [1.165, 1.54) is 17.7 Å². The molecule has 0 saturated carbocycles. The minimum absolute atomic E-state index is 0.0561. The first-order chi connectivity index (χ1) is 17.5. The van der Waals surface area contributed by atoms with E-state index in [1.807, 2.05) is 23.1 Å². The maximum Gasteiger partial charge on any atom is 0.245 e. The molecule has 1 aromatic heterocycles. The molecule has 0 aliphatic carbocycles. The highest BCUT2D eigenvalue weighted by Gasteiger charge is 2.47. The molecule has 0 spiro atoms. The quantitative estimate of drug-likeness (QED) is 0.365. The largest absolute Gasteiger partial charge is 0.351 e. The number of aromatic nitrogens is 2. The van der Waals surface area contributed by atoms with E-state index in [1.54, 1.807) is 24.7 Å². The number of likely N-dealkylation sites (tertiary alicyclic amines) is 1. The lowest BCUT2D eigenvalue weighted by Gasteiger charge is -2.52. The average Bonchev–Trinajstić information content (AvgIpc) is 3.38. The molecule has 1 saturated heterocycles. The molecule has 0 bridgehead atoms. The Labute approximate surface area is 212 Å². The van der Waals surface area contributed by atoms with Gasteiger partial charge < -0.3 is 15.2 Å². The fraction of sp³-hybridized carbons (Fsp3) is 0.414. The van der Waals surface area contributed by atoms with Gasteiger partial charge in [0.2, 0.25) is 11.8 Å². The molecular formula is C29H35FN4O2. The molecule has 190 valence electrons. The highest BCUT2D eigenvalue weighted by atomic mass is 19.1. The van der Waals surface area contributed by atoms with E-state index in [-0.39, 0.29) is 35.9 Å². The lowest BCUT2D eigenvalue weighted by molar-refractivity contribution is -0.143. The highest BCUT2D eigenvalue weighted by Crippen LogP contribution is 2.39. The highest BCUT2D eigenvalue weighted by molar-refractivity contribution is 5.88. The molecule has 2 heterocycles. The number of amides is 2. The number of nitrogens with one attached hydrogen (secondary N) is 2. The van der Waals surface area contributed by atoms with Crippen molar-refractivity contribution in [1.82, 2.24) is 20.2 Å². The number of unbranched alkanes of at least 4 members (excludes halogenated alkanes) is 2. The molecule has 1 unspecified atom stereocenters. The van der Waals surface area contributed by atoms with Crippen molar-refractivity contribution in [3.05, 3.63) is 89.8 Å². The number of hydrogen-bond acceptors (Lipinski definition) is 3. The van der Waals surface area contributed by atoms with E-state index in [2.05, 4.69) is 34.3 Å². The van der Waals surface area contributed by atoms with Crippen LogP contribution in [0, 0.1) is 5.82 Å². The zero-order valence-corrected chi connectivity index (χ0v) is 20.9. The van der Waals surface area contributed by atoms with Gasteiger partial charge in [0.25, 0.3) is 0 Å². The second kappa shape index (κ2) is 12.0. The second-order valence-electron chi connectivity index (χ2n) is 9.81. The lowest BCUT2D eigenvalue weighted by Crippen LogP contribution is -2.64. The molecule has 6 nitrogen and oxygen atoms in total. The number of rotatable bonds is 12. The first kappa shape index (κ1) is 25.6. The van der Waals surface area contributed by atoms with Gasteiger partial charge in [0.05, 0.1) is 12.0 Å². The van der Waals surface area contributed by atoms with Crippen LogP contribution in [0.2, 0.25) is 0 Å². The van der Waals surface area contributed by atoms with Crippen LogP contribution in [0.3, 0.4) is 0 Å². The van der Waals surface area contributed by atoms with Gasteiger partial charge in [-0.25, -0.2) is 9.37 Å². The van der Waals surface area contributed by atoms with Gasteiger partial charge in [-0.3, -0.25) is 9.59 Å². The van der Waals surface area contributed by atoms with Crippen molar-refractivity contribution in [2.75, 3.05) is 13.1 Å². The van der Waals surface area contributed by atoms with Crippen LogP contribution in [-0.2, 0) is 27.8 Å². The number of halogens is 1. The van der Waals surface area contributed by atoms with Crippen molar-refractivity contribution in [3.63, 3.8) is 0 Å². The fourth-order valence-corrected chi connectivity index (χ4v) is 5.09. The molecule has 0 radical (unpaired) electrons. The van der Waals surface area contributed by atoms with Crippen LogP contribution in [-0.4, -0.2) is 45.8 Å². The minimum atomic E-state index is -0.747. The van der Waals surface area contributed by atoms with Crippen molar-refractivity contribution in [2.45, 2.75) is 63.3 Å². The van der Waals surface area contributed by atoms with Crippen molar-refractivity contribution >= 4 is 11.8 Å². The number of carbonyl (C=O) groups excluding carboxylic acids is 2. The summed E-state index contributed by atoms with van der Waals surface area (Å²) in [5.41, 5.74) is 2.67. The zero-order chi connectivity index (χ0) is 25.4. The monoisotopic (exact) mass is 490 g/mol. The molecule has 2 amide bonds. The third-order valence-electron chi connectivity index (χ3n) is 7.07. The standard InChI is InChI=1S/C29H35FN4O2/c1-2-3-7-15-29(23-10-5-4-6-11-23)19-34(20-29)28(36)26(17-22-9-8-12-24(30)16-22)33-27(35)14-13-25-18-31-21-32-25/h4-6,8-12,16,18,21,26H,2-3,7,13-15,17,19-20H2,1H3,(H,31,32)(H,33,35). The second-order valence-corrected chi connectivity index (χ2v) is 9.81. The van der Waals surface area contributed by atoms with E-state index < -0.39 is 6.04 Å². The fourth-order valence-electron chi connectivity index (χ4n) is 5.09. The zero-order valence-electron chi connectivity index (χ0n) is 20.9. The average molecular weight is 491 g/mol. The number of H-pyrrole nitrogens is 1. The summed E-state index contributed by atoms with van der Waals surface area (Å²) in [6.45, 7) is 3.45. The summed E-state index contributed by atoms with van der Waals surface area (Å²) in [7, 11) is 0. The van der Waals surface area contributed by atoms with Crippen LogP contribution < -0.4 is 5.32 Å². The van der Waals surface area contributed by atoms with E-state index in [0.717, 1.165) is 31.4 Å². The molecule has 1 atom stereocenters. The van der Waals surface area contributed by atoms with Gasteiger partial charge in [0.1, 0.15) is 11.9 Å². The topological polar surface area (TPSA) is 78.1 Å². The Bertz CT molecular complexity index is 1130. The molecule has 2 aromatic carbocycles. The molecule has 1 fully saturated rings. The number of aryl methyl sites for hydroxylation is 1. The van der Waals surface area contributed by atoms with Crippen molar-refractivity contribution in [3.8, 4) is 0 Å². The Morgan fingerprint density at radius 2 is 1.94 bits per heavy atom. The van der Waals surface area contributed by atoms with Crippen molar-refractivity contribution < 1.29 is 14.0 Å². The maximum absolute atomic E-state index is 13.8. The Balaban J connectivity index is 1.46. The predicted molar refractivity (Wildman–Crippen MR) is 138 cm³/mol. The number of imidazole rings is 1. The first-order valence-electron chi connectivity index (χ1n) is 12.8. The number of carbonyl (C=O) groups is 2. The van der Waals surface area contributed by atoms with Crippen LogP contribution in [0.4, 0.5) is 4.39 Å². The molecule has 7 heteroatoms.